The van der Waals surface area contributed by atoms with Crippen molar-refractivity contribution in [3.8, 4) is 10.7 Å². The van der Waals surface area contributed by atoms with Crippen LogP contribution in [0.25, 0.3) is 10.7 Å². The minimum atomic E-state index is -0.00977. The Morgan fingerprint density at radius 2 is 2.08 bits per heavy atom. The van der Waals surface area contributed by atoms with Crippen LogP contribution in [0.2, 0.25) is 0 Å². The molecule has 1 saturated heterocycles. The number of thiophene rings is 1. The third kappa shape index (κ3) is 3.22. The van der Waals surface area contributed by atoms with Gasteiger partial charge < -0.3 is 9.84 Å². The first-order chi connectivity index (χ1) is 11.8. The summed E-state index contributed by atoms with van der Waals surface area (Å²) in [4.78, 5) is 19.5. The molecule has 0 bridgehead atoms. The van der Waals surface area contributed by atoms with Crippen molar-refractivity contribution in [2.75, 3.05) is 25.0 Å². The molecule has 122 valence electrons. The van der Waals surface area contributed by atoms with E-state index in [2.05, 4.69) is 20.4 Å². The van der Waals surface area contributed by atoms with Crippen molar-refractivity contribution in [1.29, 1.82) is 0 Å². The third-order valence-electron chi connectivity index (χ3n) is 3.91. The average Bonchev–Trinajstić information content (AvgIpc) is 3.22. The molecular weight excluding hydrogens is 324 g/mol. The Balaban J connectivity index is 1.28. The summed E-state index contributed by atoms with van der Waals surface area (Å²) in [6.07, 6.45) is 0. The molecular formula is C17H16N4O2S. The van der Waals surface area contributed by atoms with Crippen molar-refractivity contribution in [1.82, 2.24) is 15.0 Å². The molecule has 1 aliphatic rings. The van der Waals surface area contributed by atoms with Crippen LogP contribution in [0.3, 0.4) is 0 Å². The van der Waals surface area contributed by atoms with E-state index in [0.717, 1.165) is 23.7 Å². The molecule has 0 spiro atoms. The normalized spacial score (nSPS) is 15.2. The van der Waals surface area contributed by atoms with Crippen molar-refractivity contribution in [3.05, 3.63) is 53.7 Å². The van der Waals surface area contributed by atoms with E-state index in [9.17, 15) is 4.79 Å². The zero-order valence-electron chi connectivity index (χ0n) is 12.9. The molecule has 4 rings (SSSR count). The molecule has 2 aromatic heterocycles. The molecule has 1 fully saturated rings. The van der Waals surface area contributed by atoms with Crippen molar-refractivity contribution < 1.29 is 9.32 Å². The number of nitrogens with one attached hydrogen (secondary N) is 1. The largest absolute Gasteiger partial charge is 0.339 e. The number of benzene rings is 1. The number of nitrogens with zero attached hydrogens (tertiary/aromatic N) is 3. The first kappa shape index (κ1) is 15.0. The number of para-hydroxylation sites is 1. The lowest BCUT2D eigenvalue weighted by Crippen LogP contribution is -2.48. The minimum absolute atomic E-state index is 0.00977. The van der Waals surface area contributed by atoms with Gasteiger partial charge in [0.25, 0.3) is 0 Å². The highest BCUT2D eigenvalue weighted by atomic mass is 32.1. The standard InChI is InChI=1S/C17H16N4O2S/c22-15(18-13-5-2-1-3-6-13)11-21-9-12(10-21)17-19-16(20-23-17)14-7-4-8-24-14/h1-8,12H,9-11H2,(H,18,22). The minimum Gasteiger partial charge on any atom is -0.339 e. The second-order valence-corrected chi connectivity index (χ2v) is 6.69. The topological polar surface area (TPSA) is 71.3 Å². The lowest BCUT2D eigenvalue weighted by Gasteiger charge is -2.36. The van der Waals surface area contributed by atoms with Crippen LogP contribution >= 0.6 is 11.3 Å². The van der Waals surface area contributed by atoms with E-state index in [1.807, 2.05) is 47.8 Å². The molecule has 1 aliphatic heterocycles. The lowest BCUT2D eigenvalue weighted by atomic mass is 10.0. The van der Waals surface area contributed by atoms with Crippen LogP contribution in [0.4, 0.5) is 5.69 Å². The smallest absolute Gasteiger partial charge is 0.238 e. The number of carbonyl (C=O) groups excluding carboxylic acids is 1. The van der Waals surface area contributed by atoms with E-state index >= 15 is 0 Å². The summed E-state index contributed by atoms with van der Waals surface area (Å²) in [6, 6.07) is 13.4. The van der Waals surface area contributed by atoms with Gasteiger partial charge in [0, 0.05) is 18.8 Å². The molecule has 1 N–H and O–H groups in total. The van der Waals surface area contributed by atoms with Crippen LogP contribution in [0.15, 0.2) is 52.4 Å². The fourth-order valence-corrected chi connectivity index (χ4v) is 3.34. The average molecular weight is 340 g/mol. The number of carbonyl (C=O) groups is 1. The first-order valence-corrected chi connectivity index (χ1v) is 8.60. The van der Waals surface area contributed by atoms with Gasteiger partial charge >= 0.3 is 0 Å². The Morgan fingerprint density at radius 1 is 1.25 bits per heavy atom. The van der Waals surface area contributed by atoms with Crippen molar-refractivity contribution >= 4 is 22.9 Å². The number of likely N-dealkylation sites (tertiary alicyclic amines) is 1. The van der Waals surface area contributed by atoms with Gasteiger partial charge in [-0.1, -0.05) is 29.4 Å². The summed E-state index contributed by atoms with van der Waals surface area (Å²) >= 11 is 1.59. The molecule has 0 unspecified atom stereocenters. The summed E-state index contributed by atoms with van der Waals surface area (Å²) in [5, 5.41) is 8.91. The quantitative estimate of drug-likeness (QED) is 0.773. The SMILES string of the molecule is O=C(CN1CC(c2nc(-c3cccs3)no2)C1)Nc1ccccc1. The summed E-state index contributed by atoms with van der Waals surface area (Å²) in [5.41, 5.74) is 0.817. The maximum Gasteiger partial charge on any atom is 0.238 e. The van der Waals surface area contributed by atoms with Gasteiger partial charge in [-0.25, -0.2) is 0 Å². The highest BCUT2D eigenvalue weighted by molar-refractivity contribution is 7.13. The summed E-state index contributed by atoms with van der Waals surface area (Å²) in [7, 11) is 0. The molecule has 0 radical (unpaired) electrons. The molecule has 0 atom stereocenters. The van der Waals surface area contributed by atoms with Crippen LogP contribution in [-0.2, 0) is 4.79 Å². The molecule has 1 aromatic carbocycles. The van der Waals surface area contributed by atoms with Crippen LogP contribution in [-0.4, -0.2) is 40.6 Å². The third-order valence-corrected chi connectivity index (χ3v) is 4.78. The lowest BCUT2D eigenvalue weighted by molar-refractivity contribution is -0.118. The predicted octanol–water partition coefficient (Wildman–Crippen LogP) is 2.84. The zero-order valence-corrected chi connectivity index (χ0v) is 13.7. The van der Waals surface area contributed by atoms with Gasteiger partial charge in [-0.3, -0.25) is 9.69 Å². The second kappa shape index (κ2) is 6.54. The maximum absolute atomic E-state index is 12.0. The highest BCUT2D eigenvalue weighted by Crippen LogP contribution is 2.28. The molecule has 1 amide bonds. The predicted molar refractivity (Wildman–Crippen MR) is 91.9 cm³/mol. The molecule has 3 heterocycles. The Labute approximate surface area is 143 Å². The van der Waals surface area contributed by atoms with Crippen molar-refractivity contribution in [2.24, 2.45) is 0 Å². The van der Waals surface area contributed by atoms with Crippen molar-refractivity contribution in [2.45, 2.75) is 5.92 Å². The van der Waals surface area contributed by atoms with Crippen LogP contribution in [0.5, 0.6) is 0 Å². The van der Waals surface area contributed by atoms with Gasteiger partial charge in [-0.05, 0) is 23.6 Å². The summed E-state index contributed by atoms with van der Waals surface area (Å²) in [6.45, 7) is 1.89. The van der Waals surface area contributed by atoms with Crippen molar-refractivity contribution in [3.63, 3.8) is 0 Å². The van der Waals surface area contributed by atoms with Gasteiger partial charge in [0.05, 0.1) is 17.3 Å². The van der Waals surface area contributed by atoms with Gasteiger partial charge in [0.1, 0.15) is 0 Å². The fraction of sp³-hybridized carbons (Fsp3) is 0.235. The van der Waals surface area contributed by atoms with E-state index in [0.29, 0.717) is 18.3 Å². The zero-order chi connectivity index (χ0) is 16.4. The molecule has 7 heteroatoms. The van der Waals surface area contributed by atoms with Crippen LogP contribution < -0.4 is 5.32 Å². The monoisotopic (exact) mass is 340 g/mol. The molecule has 0 saturated carbocycles. The second-order valence-electron chi connectivity index (χ2n) is 5.74. The number of anilines is 1. The van der Waals surface area contributed by atoms with Gasteiger partial charge in [-0.15, -0.1) is 11.3 Å². The fourth-order valence-electron chi connectivity index (χ4n) is 2.69. The maximum atomic E-state index is 12.0. The molecule has 3 aromatic rings. The summed E-state index contributed by atoms with van der Waals surface area (Å²) < 4.78 is 5.36. The Hall–Kier alpha value is -2.51. The number of hydrogen-bond donors (Lipinski definition) is 1. The van der Waals surface area contributed by atoms with Crippen LogP contribution in [0.1, 0.15) is 11.8 Å². The number of aromatic nitrogens is 2. The molecule has 24 heavy (non-hydrogen) atoms. The number of hydrogen-bond acceptors (Lipinski definition) is 6. The van der Waals surface area contributed by atoms with Gasteiger partial charge in [0.2, 0.25) is 17.6 Å². The molecule has 6 nitrogen and oxygen atoms in total. The highest BCUT2D eigenvalue weighted by Gasteiger charge is 2.33. The first-order valence-electron chi connectivity index (χ1n) is 7.72. The Morgan fingerprint density at radius 3 is 2.83 bits per heavy atom. The molecule has 0 aliphatic carbocycles. The van der Waals surface area contributed by atoms with Gasteiger partial charge in [-0.2, -0.15) is 4.98 Å². The van der Waals surface area contributed by atoms with E-state index in [-0.39, 0.29) is 11.8 Å². The number of rotatable bonds is 5. The Kier molecular flexibility index (Phi) is 4.10. The van der Waals surface area contributed by atoms with Gasteiger partial charge in [0.15, 0.2) is 0 Å². The van der Waals surface area contributed by atoms with E-state index in [4.69, 9.17) is 4.52 Å². The van der Waals surface area contributed by atoms with E-state index in [1.165, 1.54) is 0 Å². The van der Waals surface area contributed by atoms with E-state index in [1.54, 1.807) is 11.3 Å². The Bertz CT molecular complexity index is 810. The van der Waals surface area contributed by atoms with E-state index < -0.39 is 0 Å². The number of amides is 1. The summed E-state index contributed by atoms with van der Waals surface area (Å²) in [5.74, 6) is 1.48. The van der Waals surface area contributed by atoms with Crippen LogP contribution in [0, 0.1) is 0 Å².